The predicted octanol–water partition coefficient (Wildman–Crippen LogP) is 5.17. The molecule has 0 atom stereocenters. The SMILES string of the molecule is CCOC(=O)c1c(-c2cc3ccccc3nc2Oc2ccc(F)c(F)c2C)[nH]c(C)c(CC(=O)OC)c1=O. The van der Waals surface area contributed by atoms with Gasteiger partial charge in [0.15, 0.2) is 11.6 Å². The van der Waals surface area contributed by atoms with Gasteiger partial charge in [-0.2, -0.15) is 0 Å². The van der Waals surface area contributed by atoms with E-state index >= 15 is 0 Å². The second-order valence-corrected chi connectivity index (χ2v) is 8.40. The van der Waals surface area contributed by atoms with Crippen LogP contribution in [0, 0.1) is 25.5 Å². The first-order chi connectivity index (χ1) is 18.2. The lowest BCUT2D eigenvalue weighted by Gasteiger charge is -2.17. The Morgan fingerprint density at radius 2 is 1.82 bits per heavy atom. The second-order valence-electron chi connectivity index (χ2n) is 8.40. The van der Waals surface area contributed by atoms with Crippen LogP contribution in [-0.4, -0.2) is 35.6 Å². The number of halogens is 2. The van der Waals surface area contributed by atoms with Crippen molar-refractivity contribution in [1.29, 1.82) is 0 Å². The Hall–Kier alpha value is -4.60. The van der Waals surface area contributed by atoms with Crippen LogP contribution in [0.4, 0.5) is 8.78 Å². The monoisotopic (exact) mass is 522 g/mol. The predicted molar refractivity (Wildman–Crippen MR) is 135 cm³/mol. The van der Waals surface area contributed by atoms with E-state index in [1.165, 1.54) is 20.1 Å². The summed E-state index contributed by atoms with van der Waals surface area (Å²) in [5.41, 5.74) is -0.0691. The van der Waals surface area contributed by atoms with Gasteiger partial charge in [-0.3, -0.25) is 9.59 Å². The third-order valence-corrected chi connectivity index (χ3v) is 6.00. The van der Waals surface area contributed by atoms with E-state index in [1.54, 1.807) is 44.2 Å². The van der Waals surface area contributed by atoms with Crippen molar-refractivity contribution in [3.8, 4) is 22.9 Å². The third kappa shape index (κ3) is 4.97. The number of benzene rings is 2. The lowest BCUT2D eigenvalue weighted by molar-refractivity contribution is -0.139. The van der Waals surface area contributed by atoms with Crippen LogP contribution in [0.2, 0.25) is 0 Å². The Kier molecular flexibility index (Phi) is 7.52. The van der Waals surface area contributed by atoms with Crippen LogP contribution in [0.5, 0.6) is 11.6 Å². The van der Waals surface area contributed by atoms with Gasteiger partial charge < -0.3 is 19.2 Å². The number of aromatic amines is 1. The number of carbonyl (C=O) groups excluding carboxylic acids is 2. The van der Waals surface area contributed by atoms with Crippen LogP contribution in [0.3, 0.4) is 0 Å². The van der Waals surface area contributed by atoms with E-state index in [-0.39, 0.29) is 52.6 Å². The van der Waals surface area contributed by atoms with E-state index in [0.29, 0.717) is 16.6 Å². The summed E-state index contributed by atoms with van der Waals surface area (Å²) >= 11 is 0. The number of hydrogen-bond donors (Lipinski definition) is 1. The number of H-pyrrole nitrogens is 1. The molecule has 0 aliphatic carbocycles. The number of hydrogen-bond acceptors (Lipinski definition) is 7. The largest absolute Gasteiger partial charge is 0.469 e. The zero-order chi connectivity index (χ0) is 27.6. The maximum absolute atomic E-state index is 14.3. The maximum atomic E-state index is 14.3. The van der Waals surface area contributed by atoms with Crippen LogP contribution in [0.1, 0.15) is 34.1 Å². The Balaban J connectivity index is 2.02. The average Bonchev–Trinajstić information content (AvgIpc) is 2.90. The number of pyridine rings is 2. The van der Waals surface area contributed by atoms with Crippen molar-refractivity contribution in [2.45, 2.75) is 27.2 Å². The standard InChI is InChI=1S/C28H24F2N2O6/c1-5-37-28(35)23-25(31-15(3)17(26(23)34)13-22(33)36-4)18-12-16-8-6-7-9-20(16)32-27(18)38-21-11-10-19(29)24(30)14(21)2/h6-12H,5,13H2,1-4H3,(H,31,34). The molecular weight excluding hydrogens is 498 g/mol. The third-order valence-electron chi connectivity index (χ3n) is 6.00. The summed E-state index contributed by atoms with van der Waals surface area (Å²) in [7, 11) is 1.19. The molecule has 2 heterocycles. The fraction of sp³-hybridized carbons (Fsp3) is 0.214. The number of para-hydroxylation sites is 1. The minimum atomic E-state index is -1.08. The molecule has 38 heavy (non-hydrogen) atoms. The van der Waals surface area contributed by atoms with Crippen LogP contribution in [0.15, 0.2) is 47.3 Å². The summed E-state index contributed by atoms with van der Waals surface area (Å²) in [5.74, 6) is -3.77. The summed E-state index contributed by atoms with van der Waals surface area (Å²) in [6.07, 6.45) is -0.363. The van der Waals surface area contributed by atoms with Crippen molar-refractivity contribution >= 4 is 22.8 Å². The molecular formula is C28H24F2N2O6. The molecule has 2 aromatic carbocycles. The number of aryl methyl sites for hydroxylation is 1. The molecule has 10 heteroatoms. The van der Waals surface area contributed by atoms with Crippen molar-refractivity contribution in [2.75, 3.05) is 13.7 Å². The summed E-state index contributed by atoms with van der Waals surface area (Å²) in [5, 5.41) is 0.656. The van der Waals surface area contributed by atoms with Gasteiger partial charge in [0.2, 0.25) is 11.3 Å². The number of nitrogens with one attached hydrogen (secondary N) is 1. The zero-order valence-corrected chi connectivity index (χ0v) is 21.1. The minimum absolute atomic E-state index is 0.00741. The quantitative estimate of drug-likeness (QED) is 0.334. The Morgan fingerprint density at radius 1 is 1.08 bits per heavy atom. The molecule has 2 aromatic heterocycles. The Labute approximate surface area is 216 Å². The van der Waals surface area contributed by atoms with Crippen molar-refractivity contribution < 1.29 is 32.6 Å². The maximum Gasteiger partial charge on any atom is 0.344 e. The van der Waals surface area contributed by atoms with E-state index < -0.39 is 29.0 Å². The normalized spacial score (nSPS) is 10.9. The molecule has 0 fully saturated rings. The van der Waals surface area contributed by atoms with Crippen LogP contribution in [-0.2, 0) is 20.7 Å². The summed E-state index contributed by atoms with van der Waals surface area (Å²) in [6, 6.07) is 10.9. The number of fused-ring (bicyclic) bond motifs is 1. The van der Waals surface area contributed by atoms with E-state index in [0.717, 1.165) is 6.07 Å². The Morgan fingerprint density at radius 3 is 2.53 bits per heavy atom. The molecule has 196 valence electrons. The van der Waals surface area contributed by atoms with Gasteiger partial charge in [-0.1, -0.05) is 18.2 Å². The number of ether oxygens (including phenoxy) is 3. The number of nitrogens with zero attached hydrogens (tertiary/aromatic N) is 1. The second kappa shape index (κ2) is 10.8. The number of aromatic nitrogens is 2. The minimum Gasteiger partial charge on any atom is -0.469 e. The van der Waals surface area contributed by atoms with E-state index in [2.05, 4.69) is 9.97 Å². The van der Waals surface area contributed by atoms with Crippen molar-refractivity contribution in [1.82, 2.24) is 9.97 Å². The van der Waals surface area contributed by atoms with Crippen molar-refractivity contribution in [3.63, 3.8) is 0 Å². The zero-order valence-electron chi connectivity index (χ0n) is 21.1. The van der Waals surface area contributed by atoms with Gasteiger partial charge in [0, 0.05) is 22.2 Å². The Bertz CT molecular complexity index is 1630. The van der Waals surface area contributed by atoms with Crippen LogP contribution < -0.4 is 10.2 Å². The highest BCUT2D eigenvalue weighted by Gasteiger charge is 2.27. The van der Waals surface area contributed by atoms with Gasteiger partial charge in [-0.15, -0.1) is 0 Å². The highest BCUT2D eigenvalue weighted by molar-refractivity contribution is 5.98. The van der Waals surface area contributed by atoms with E-state index in [9.17, 15) is 23.2 Å². The van der Waals surface area contributed by atoms with Crippen LogP contribution >= 0.6 is 0 Å². The molecule has 4 aromatic rings. The smallest absolute Gasteiger partial charge is 0.344 e. The molecule has 0 radical (unpaired) electrons. The lowest BCUT2D eigenvalue weighted by Crippen LogP contribution is -2.26. The lowest BCUT2D eigenvalue weighted by atomic mass is 9.99. The van der Waals surface area contributed by atoms with Gasteiger partial charge in [0.1, 0.15) is 11.3 Å². The molecule has 4 rings (SSSR count). The molecule has 0 spiro atoms. The van der Waals surface area contributed by atoms with Crippen LogP contribution in [0.25, 0.3) is 22.2 Å². The first-order valence-electron chi connectivity index (χ1n) is 11.7. The molecule has 0 bridgehead atoms. The topological polar surface area (TPSA) is 108 Å². The first-order valence-corrected chi connectivity index (χ1v) is 11.7. The number of esters is 2. The van der Waals surface area contributed by atoms with Gasteiger partial charge in [-0.05, 0) is 45.0 Å². The molecule has 0 aliphatic heterocycles. The number of rotatable bonds is 7. The molecule has 0 saturated heterocycles. The average molecular weight is 523 g/mol. The highest BCUT2D eigenvalue weighted by Crippen LogP contribution is 2.37. The molecule has 0 saturated carbocycles. The number of methoxy groups -OCH3 is 1. The van der Waals surface area contributed by atoms with Gasteiger partial charge in [0.25, 0.3) is 0 Å². The number of carbonyl (C=O) groups is 2. The molecule has 8 nitrogen and oxygen atoms in total. The van der Waals surface area contributed by atoms with Crippen molar-refractivity contribution in [2.24, 2.45) is 0 Å². The molecule has 1 N–H and O–H groups in total. The fourth-order valence-corrected chi connectivity index (χ4v) is 3.99. The summed E-state index contributed by atoms with van der Waals surface area (Å²) < 4.78 is 43.8. The first kappa shape index (κ1) is 26.5. The highest BCUT2D eigenvalue weighted by atomic mass is 19.2. The molecule has 0 aliphatic rings. The fourth-order valence-electron chi connectivity index (χ4n) is 3.99. The molecule has 0 amide bonds. The summed E-state index contributed by atoms with van der Waals surface area (Å²) in [4.78, 5) is 46.1. The van der Waals surface area contributed by atoms with Gasteiger partial charge in [-0.25, -0.2) is 18.6 Å². The summed E-state index contributed by atoms with van der Waals surface area (Å²) in [6.45, 7) is 4.51. The van der Waals surface area contributed by atoms with E-state index in [1.807, 2.05) is 0 Å². The van der Waals surface area contributed by atoms with Gasteiger partial charge in [0.05, 0.1) is 36.9 Å². The van der Waals surface area contributed by atoms with Gasteiger partial charge >= 0.3 is 11.9 Å². The molecule has 0 unspecified atom stereocenters. The van der Waals surface area contributed by atoms with Crippen molar-refractivity contribution in [3.05, 3.63) is 86.7 Å². The van der Waals surface area contributed by atoms with E-state index in [4.69, 9.17) is 14.2 Å².